The molecule has 0 fully saturated rings. The van der Waals surface area contributed by atoms with Crippen LogP contribution in [-0.4, -0.2) is 19.8 Å². The second kappa shape index (κ2) is 7.52. The van der Waals surface area contributed by atoms with Crippen molar-refractivity contribution in [2.75, 3.05) is 25.1 Å². The van der Waals surface area contributed by atoms with Crippen LogP contribution in [0.2, 0.25) is 0 Å². The Hall–Kier alpha value is -2.05. The molecule has 2 rings (SSSR count). The number of hydrogen-bond donors (Lipinski definition) is 1. The molecule has 2 aromatic carbocycles. The van der Waals surface area contributed by atoms with E-state index in [1.807, 2.05) is 36.4 Å². The van der Waals surface area contributed by atoms with Gasteiger partial charge in [-0.1, -0.05) is 31.2 Å². The van der Waals surface area contributed by atoms with Crippen molar-refractivity contribution in [3.8, 4) is 6.07 Å². The lowest BCUT2D eigenvalue weighted by Crippen LogP contribution is -2.06. The Kier molecular flexibility index (Phi) is 5.40. The van der Waals surface area contributed by atoms with Gasteiger partial charge in [0.2, 0.25) is 0 Å². The summed E-state index contributed by atoms with van der Waals surface area (Å²) in [5.41, 5.74) is 1.80. The number of benzene rings is 2. The van der Waals surface area contributed by atoms with Gasteiger partial charge < -0.3 is 10.1 Å². The SMILES string of the molecule is CCCOCCCNc1ccc(C#N)c2ccccc12. The second-order valence-corrected chi connectivity index (χ2v) is 4.71. The van der Waals surface area contributed by atoms with E-state index in [-0.39, 0.29) is 0 Å². The molecule has 0 heterocycles. The molecule has 1 N–H and O–H groups in total. The topological polar surface area (TPSA) is 45.0 Å². The van der Waals surface area contributed by atoms with E-state index >= 15 is 0 Å². The number of nitrogens with one attached hydrogen (secondary N) is 1. The van der Waals surface area contributed by atoms with E-state index < -0.39 is 0 Å². The number of anilines is 1. The molecule has 0 saturated heterocycles. The Bertz CT molecular complexity index is 601. The van der Waals surface area contributed by atoms with Gasteiger partial charge in [-0.25, -0.2) is 0 Å². The molecule has 0 aliphatic heterocycles. The highest BCUT2D eigenvalue weighted by Crippen LogP contribution is 2.26. The minimum atomic E-state index is 0.720. The lowest BCUT2D eigenvalue weighted by atomic mass is 10.0. The van der Waals surface area contributed by atoms with Crippen LogP contribution < -0.4 is 5.32 Å². The summed E-state index contributed by atoms with van der Waals surface area (Å²) in [6.45, 7) is 4.61. The van der Waals surface area contributed by atoms with Gasteiger partial charge in [-0.05, 0) is 25.0 Å². The molecule has 0 radical (unpaired) electrons. The van der Waals surface area contributed by atoms with Gasteiger partial charge in [-0.3, -0.25) is 0 Å². The molecule has 0 aliphatic rings. The number of hydrogen-bond acceptors (Lipinski definition) is 3. The van der Waals surface area contributed by atoms with Gasteiger partial charge in [0.25, 0.3) is 0 Å². The second-order valence-electron chi connectivity index (χ2n) is 4.71. The Labute approximate surface area is 120 Å². The van der Waals surface area contributed by atoms with Crippen LogP contribution in [0.1, 0.15) is 25.3 Å². The van der Waals surface area contributed by atoms with E-state index in [1.54, 1.807) is 0 Å². The maximum Gasteiger partial charge on any atom is 0.0998 e. The van der Waals surface area contributed by atoms with Crippen LogP contribution in [0.15, 0.2) is 36.4 Å². The zero-order chi connectivity index (χ0) is 14.2. The normalized spacial score (nSPS) is 10.4. The molecule has 0 aromatic heterocycles. The molecule has 3 nitrogen and oxygen atoms in total. The van der Waals surface area contributed by atoms with Crippen molar-refractivity contribution in [2.45, 2.75) is 19.8 Å². The third-order valence-electron chi connectivity index (χ3n) is 3.17. The predicted molar refractivity (Wildman–Crippen MR) is 82.9 cm³/mol. The number of rotatable bonds is 7. The van der Waals surface area contributed by atoms with Crippen molar-refractivity contribution in [2.24, 2.45) is 0 Å². The average molecular weight is 268 g/mol. The van der Waals surface area contributed by atoms with Gasteiger partial charge in [0, 0.05) is 36.2 Å². The van der Waals surface area contributed by atoms with Gasteiger partial charge in [-0.2, -0.15) is 5.26 Å². The maximum atomic E-state index is 9.14. The first-order valence-electron chi connectivity index (χ1n) is 7.10. The van der Waals surface area contributed by atoms with Crippen LogP contribution in [0.25, 0.3) is 10.8 Å². The highest BCUT2D eigenvalue weighted by atomic mass is 16.5. The van der Waals surface area contributed by atoms with E-state index in [2.05, 4.69) is 18.3 Å². The van der Waals surface area contributed by atoms with E-state index in [4.69, 9.17) is 10.00 Å². The molecular formula is C17H20N2O. The first kappa shape index (κ1) is 14.4. The van der Waals surface area contributed by atoms with Gasteiger partial charge in [0.1, 0.15) is 0 Å². The van der Waals surface area contributed by atoms with Gasteiger partial charge in [0.05, 0.1) is 11.6 Å². The largest absolute Gasteiger partial charge is 0.384 e. The lowest BCUT2D eigenvalue weighted by molar-refractivity contribution is 0.134. The molecule has 0 unspecified atom stereocenters. The molecular weight excluding hydrogens is 248 g/mol. The number of fused-ring (bicyclic) bond motifs is 1. The number of ether oxygens (including phenoxy) is 1. The van der Waals surface area contributed by atoms with Crippen LogP contribution in [0.3, 0.4) is 0 Å². The molecule has 0 bridgehead atoms. The third-order valence-corrected chi connectivity index (χ3v) is 3.17. The summed E-state index contributed by atoms with van der Waals surface area (Å²) < 4.78 is 5.46. The van der Waals surface area contributed by atoms with Crippen molar-refractivity contribution in [3.63, 3.8) is 0 Å². The minimum absolute atomic E-state index is 0.720. The summed E-state index contributed by atoms with van der Waals surface area (Å²) >= 11 is 0. The quantitative estimate of drug-likeness (QED) is 0.774. The Morgan fingerprint density at radius 1 is 1.10 bits per heavy atom. The van der Waals surface area contributed by atoms with Crippen molar-refractivity contribution >= 4 is 16.5 Å². The summed E-state index contributed by atoms with van der Waals surface area (Å²) in [5.74, 6) is 0. The summed E-state index contributed by atoms with van der Waals surface area (Å²) in [6, 6.07) is 14.1. The lowest BCUT2D eigenvalue weighted by Gasteiger charge is -2.11. The zero-order valence-electron chi connectivity index (χ0n) is 11.9. The van der Waals surface area contributed by atoms with Gasteiger partial charge >= 0.3 is 0 Å². The van der Waals surface area contributed by atoms with Crippen molar-refractivity contribution < 1.29 is 4.74 Å². The smallest absolute Gasteiger partial charge is 0.0998 e. The summed E-state index contributed by atoms with van der Waals surface area (Å²) in [6.07, 6.45) is 2.04. The predicted octanol–water partition coefficient (Wildman–Crippen LogP) is 3.94. The average Bonchev–Trinajstić information content (AvgIpc) is 2.50. The van der Waals surface area contributed by atoms with Gasteiger partial charge in [0.15, 0.2) is 0 Å². The van der Waals surface area contributed by atoms with E-state index in [0.29, 0.717) is 0 Å². The zero-order valence-corrected chi connectivity index (χ0v) is 11.9. The van der Waals surface area contributed by atoms with E-state index in [9.17, 15) is 0 Å². The fraction of sp³-hybridized carbons (Fsp3) is 0.353. The number of nitrogens with zero attached hydrogens (tertiary/aromatic N) is 1. The Morgan fingerprint density at radius 3 is 2.65 bits per heavy atom. The summed E-state index contributed by atoms with van der Waals surface area (Å²) in [5, 5.41) is 14.7. The molecule has 0 amide bonds. The van der Waals surface area contributed by atoms with E-state index in [1.165, 1.54) is 0 Å². The Morgan fingerprint density at radius 2 is 1.90 bits per heavy atom. The third kappa shape index (κ3) is 3.49. The van der Waals surface area contributed by atoms with Crippen molar-refractivity contribution in [3.05, 3.63) is 42.0 Å². The van der Waals surface area contributed by atoms with E-state index in [0.717, 1.165) is 54.6 Å². The molecule has 20 heavy (non-hydrogen) atoms. The summed E-state index contributed by atoms with van der Waals surface area (Å²) in [7, 11) is 0. The molecule has 3 heteroatoms. The fourth-order valence-corrected chi connectivity index (χ4v) is 2.19. The number of nitriles is 1. The molecule has 0 saturated carbocycles. The standard InChI is InChI=1S/C17H20N2O/c1-2-11-20-12-5-10-19-17-9-8-14(13-18)15-6-3-4-7-16(15)17/h3-4,6-9,19H,2,5,10-12H2,1H3. The molecule has 104 valence electrons. The van der Waals surface area contributed by atoms with Crippen molar-refractivity contribution in [1.29, 1.82) is 5.26 Å². The molecule has 0 aliphatic carbocycles. The highest BCUT2D eigenvalue weighted by molar-refractivity contribution is 5.97. The minimum Gasteiger partial charge on any atom is -0.384 e. The first-order chi connectivity index (χ1) is 9.86. The van der Waals surface area contributed by atoms with Crippen LogP contribution in [-0.2, 0) is 4.74 Å². The highest BCUT2D eigenvalue weighted by Gasteiger charge is 2.04. The molecule has 2 aromatic rings. The summed E-state index contributed by atoms with van der Waals surface area (Å²) in [4.78, 5) is 0. The monoisotopic (exact) mass is 268 g/mol. The van der Waals surface area contributed by atoms with Crippen LogP contribution in [0, 0.1) is 11.3 Å². The first-order valence-corrected chi connectivity index (χ1v) is 7.10. The fourth-order valence-electron chi connectivity index (χ4n) is 2.19. The van der Waals surface area contributed by atoms with Crippen LogP contribution in [0.4, 0.5) is 5.69 Å². The van der Waals surface area contributed by atoms with Gasteiger partial charge in [-0.15, -0.1) is 0 Å². The maximum absolute atomic E-state index is 9.14. The van der Waals surface area contributed by atoms with Crippen LogP contribution in [0.5, 0.6) is 0 Å². The van der Waals surface area contributed by atoms with Crippen molar-refractivity contribution in [1.82, 2.24) is 0 Å². The Balaban J connectivity index is 2.02. The molecule has 0 atom stereocenters. The van der Waals surface area contributed by atoms with Crippen LogP contribution >= 0.6 is 0 Å². The molecule has 0 spiro atoms.